The number of hydrogen-bond acceptors (Lipinski definition) is 9. The minimum Gasteiger partial charge on any atom is -0.480 e. The van der Waals surface area contributed by atoms with E-state index in [0.29, 0.717) is 12.8 Å². The molecule has 0 spiro atoms. The van der Waals surface area contributed by atoms with Crippen LogP contribution < -0.4 is 5.73 Å². The number of hydrogen-bond donors (Lipinski definition) is 3. The monoisotopic (exact) mass is 846 g/mol. The molecule has 0 amide bonds. The molecule has 0 aromatic heterocycles. The number of carboxylic acid groups (broad SMARTS) is 1. The van der Waals surface area contributed by atoms with Crippen LogP contribution in [0.3, 0.4) is 0 Å². The van der Waals surface area contributed by atoms with Crippen LogP contribution in [0.5, 0.6) is 0 Å². The topological polar surface area (TPSA) is 172 Å². The Morgan fingerprint density at radius 2 is 0.862 bits per heavy atom. The second-order valence-corrected chi connectivity index (χ2v) is 17.7. The van der Waals surface area contributed by atoms with Gasteiger partial charge in [0, 0.05) is 12.8 Å². The number of carboxylic acids is 1. The summed E-state index contributed by atoms with van der Waals surface area (Å²) in [6.45, 7) is 2.83. The van der Waals surface area contributed by atoms with Gasteiger partial charge in [0.15, 0.2) is 6.10 Å². The molecule has 11 nitrogen and oxygen atoms in total. The lowest BCUT2D eigenvalue weighted by atomic mass is 10.0. The third-order valence-electron chi connectivity index (χ3n) is 10.5. The summed E-state index contributed by atoms with van der Waals surface area (Å²) in [5, 5.41) is 8.90. The first-order chi connectivity index (χ1) is 28.1. The van der Waals surface area contributed by atoms with Gasteiger partial charge in [0.25, 0.3) is 0 Å². The van der Waals surface area contributed by atoms with Crippen molar-refractivity contribution in [2.45, 2.75) is 244 Å². The predicted octanol–water partition coefficient (Wildman–Crippen LogP) is 12.8. The fraction of sp³-hybridized carbons (Fsp3) is 0.891. The smallest absolute Gasteiger partial charge is 0.472 e. The van der Waals surface area contributed by atoms with E-state index < -0.39 is 51.1 Å². The van der Waals surface area contributed by atoms with E-state index in [2.05, 4.69) is 30.5 Å². The summed E-state index contributed by atoms with van der Waals surface area (Å²) in [5.41, 5.74) is 5.34. The van der Waals surface area contributed by atoms with E-state index in [-0.39, 0.29) is 19.4 Å². The molecule has 0 aliphatic heterocycles. The van der Waals surface area contributed by atoms with Crippen LogP contribution in [-0.2, 0) is 37.5 Å². The van der Waals surface area contributed by atoms with Crippen molar-refractivity contribution < 1.29 is 47.5 Å². The summed E-state index contributed by atoms with van der Waals surface area (Å²) in [5.74, 6) is -2.36. The molecule has 0 fully saturated rings. The van der Waals surface area contributed by atoms with Crippen molar-refractivity contribution in [2.75, 3.05) is 19.8 Å². The van der Waals surface area contributed by atoms with Crippen LogP contribution in [-0.4, -0.2) is 59.9 Å². The first-order valence-corrected chi connectivity index (χ1v) is 25.2. The van der Waals surface area contributed by atoms with E-state index in [1.807, 2.05) is 0 Å². The minimum absolute atomic E-state index is 0.163. The third-order valence-corrected chi connectivity index (χ3v) is 11.5. The standard InChI is InChI=1S/C46H88NO10P/c1-3-5-7-9-11-13-15-17-19-21-23-25-27-29-31-33-35-37-44(48)54-39-42(40-55-58(52,53)56-41-43(47)46(50)51)57-45(49)38-36-34-32-30-28-26-24-22-20-18-16-14-12-10-8-6-4-2/h14,16,42-43H,3-13,15,17-41,47H2,1-2H3,(H,50,51)(H,52,53)/b16-14+/t42-,43+/m1/s1. The van der Waals surface area contributed by atoms with Gasteiger partial charge in [0.05, 0.1) is 13.2 Å². The molecule has 0 bridgehead atoms. The second-order valence-electron chi connectivity index (χ2n) is 16.2. The Balaban J connectivity index is 4.27. The zero-order chi connectivity index (χ0) is 42.8. The highest BCUT2D eigenvalue weighted by atomic mass is 31.2. The molecule has 1 unspecified atom stereocenters. The highest BCUT2D eigenvalue weighted by molar-refractivity contribution is 7.47. The van der Waals surface area contributed by atoms with Crippen molar-refractivity contribution in [3.05, 3.63) is 12.2 Å². The number of ether oxygens (including phenoxy) is 2. The van der Waals surface area contributed by atoms with Crippen LogP contribution >= 0.6 is 7.82 Å². The highest BCUT2D eigenvalue weighted by Crippen LogP contribution is 2.43. The maximum absolute atomic E-state index is 12.7. The molecule has 3 atom stereocenters. The molecule has 12 heteroatoms. The molecule has 0 heterocycles. The lowest BCUT2D eigenvalue weighted by Gasteiger charge is -2.20. The lowest BCUT2D eigenvalue weighted by molar-refractivity contribution is -0.161. The van der Waals surface area contributed by atoms with Gasteiger partial charge in [0.2, 0.25) is 0 Å². The summed E-state index contributed by atoms with van der Waals surface area (Å²) in [7, 11) is -4.71. The van der Waals surface area contributed by atoms with Crippen molar-refractivity contribution in [2.24, 2.45) is 5.73 Å². The summed E-state index contributed by atoms with van der Waals surface area (Å²) >= 11 is 0. The normalized spacial score (nSPS) is 13.7. The number of unbranched alkanes of at least 4 members (excludes halogenated alkanes) is 29. The van der Waals surface area contributed by atoms with Crippen molar-refractivity contribution in [3.8, 4) is 0 Å². The van der Waals surface area contributed by atoms with Gasteiger partial charge in [-0.3, -0.25) is 23.4 Å². The molecular formula is C46H88NO10P. The Morgan fingerprint density at radius 1 is 0.517 bits per heavy atom. The summed E-state index contributed by atoms with van der Waals surface area (Å²) in [6.07, 6.45) is 42.7. The largest absolute Gasteiger partial charge is 0.480 e. The van der Waals surface area contributed by atoms with Crippen molar-refractivity contribution in [1.29, 1.82) is 0 Å². The number of phosphoric ester groups is 1. The quantitative estimate of drug-likeness (QED) is 0.0230. The van der Waals surface area contributed by atoms with E-state index in [1.165, 1.54) is 154 Å². The van der Waals surface area contributed by atoms with Crippen LogP contribution in [0.4, 0.5) is 0 Å². The molecule has 58 heavy (non-hydrogen) atoms. The number of carbonyl (C=O) groups is 3. The Bertz CT molecular complexity index is 1040. The number of carbonyl (C=O) groups excluding carboxylic acids is 2. The molecule has 0 aliphatic rings. The van der Waals surface area contributed by atoms with Gasteiger partial charge in [-0.15, -0.1) is 0 Å². The van der Waals surface area contributed by atoms with Gasteiger partial charge in [0.1, 0.15) is 12.6 Å². The molecule has 4 N–H and O–H groups in total. The van der Waals surface area contributed by atoms with Crippen LogP contribution in [0.1, 0.15) is 232 Å². The van der Waals surface area contributed by atoms with E-state index in [1.54, 1.807) is 0 Å². The molecular weight excluding hydrogens is 757 g/mol. The van der Waals surface area contributed by atoms with Gasteiger partial charge in [-0.1, -0.05) is 193 Å². The molecule has 0 aromatic carbocycles. The van der Waals surface area contributed by atoms with Crippen molar-refractivity contribution >= 4 is 25.7 Å². The van der Waals surface area contributed by atoms with E-state index in [9.17, 15) is 23.8 Å². The lowest BCUT2D eigenvalue weighted by Crippen LogP contribution is -2.34. The van der Waals surface area contributed by atoms with E-state index >= 15 is 0 Å². The first-order valence-electron chi connectivity index (χ1n) is 23.7. The minimum atomic E-state index is -4.71. The van der Waals surface area contributed by atoms with Gasteiger partial charge in [-0.05, 0) is 38.5 Å². The molecule has 0 aromatic rings. The number of rotatable bonds is 45. The molecule has 0 saturated carbocycles. The highest BCUT2D eigenvalue weighted by Gasteiger charge is 2.28. The van der Waals surface area contributed by atoms with Gasteiger partial charge >= 0.3 is 25.7 Å². The Hall–Kier alpha value is -1.78. The molecule has 0 aliphatic carbocycles. The van der Waals surface area contributed by atoms with Crippen molar-refractivity contribution in [3.63, 3.8) is 0 Å². The second kappa shape index (κ2) is 41.9. The summed E-state index contributed by atoms with van der Waals surface area (Å²) in [4.78, 5) is 46.1. The molecule has 342 valence electrons. The molecule has 0 rings (SSSR count). The van der Waals surface area contributed by atoms with Gasteiger partial charge in [-0.25, -0.2) is 4.57 Å². The maximum atomic E-state index is 12.7. The summed E-state index contributed by atoms with van der Waals surface area (Å²) < 4.78 is 32.8. The van der Waals surface area contributed by atoms with Crippen LogP contribution in [0.15, 0.2) is 12.2 Å². The van der Waals surface area contributed by atoms with Crippen LogP contribution in [0.25, 0.3) is 0 Å². The Kier molecular flexibility index (Phi) is 40.6. The average molecular weight is 846 g/mol. The number of phosphoric acid groups is 1. The zero-order valence-electron chi connectivity index (χ0n) is 37.2. The SMILES string of the molecule is CCCCCC/C=C/CCCCCCCCCCCC(=O)O[C@H](COC(=O)CCCCCCCCCCCCCCCCCCC)COP(=O)(O)OC[C@H](N)C(=O)O. The van der Waals surface area contributed by atoms with Crippen LogP contribution in [0.2, 0.25) is 0 Å². The predicted molar refractivity (Wildman–Crippen MR) is 236 cm³/mol. The van der Waals surface area contributed by atoms with Crippen LogP contribution in [0, 0.1) is 0 Å². The number of esters is 2. The number of allylic oxidation sites excluding steroid dienone is 2. The average Bonchev–Trinajstić information content (AvgIpc) is 3.20. The van der Waals surface area contributed by atoms with E-state index in [4.69, 9.17) is 24.8 Å². The summed E-state index contributed by atoms with van der Waals surface area (Å²) in [6, 6.07) is -1.52. The van der Waals surface area contributed by atoms with E-state index in [0.717, 1.165) is 38.5 Å². The zero-order valence-corrected chi connectivity index (χ0v) is 38.1. The maximum Gasteiger partial charge on any atom is 0.472 e. The Morgan fingerprint density at radius 3 is 1.28 bits per heavy atom. The fourth-order valence-electron chi connectivity index (χ4n) is 6.77. The van der Waals surface area contributed by atoms with Gasteiger partial charge < -0.3 is 25.2 Å². The first kappa shape index (κ1) is 56.2. The molecule has 0 radical (unpaired) electrons. The van der Waals surface area contributed by atoms with Crippen molar-refractivity contribution in [1.82, 2.24) is 0 Å². The number of nitrogens with two attached hydrogens (primary N) is 1. The fourth-order valence-corrected chi connectivity index (χ4v) is 7.55. The van der Waals surface area contributed by atoms with Gasteiger partial charge in [-0.2, -0.15) is 0 Å². The number of aliphatic carboxylic acids is 1. The Labute approximate surface area is 354 Å². The molecule has 0 saturated heterocycles. The third kappa shape index (κ3) is 41.0.